The number of fused-ring (bicyclic) bond motifs is 6. The largest absolute Gasteiger partial charge is 0.496 e. The van der Waals surface area contributed by atoms with E-state index in [-0.39, 0.29) is 17.9 Å². The highest BCUT2D eigenvalue weighted by Crippen LogP contribution is 2.68. The molecular formula is C49H60N4O14. The first kappa shape index (κ1) is 47.7. The van der Waals surface area contributed by atoms with Crippen LogP contribution in [0.1, 0.15) is 68.8 Å². The fourth-order valence-corrected chi connectivity index (χ4v) is 13.1. The van der Waals surface area contributed by atoms with Crippen molar-refractivity contribution in [1.29, 1.82) is 0 Å². The zero-order valence-corrected chi connectivity index (χ0v) is 38.8. The minimum atomic E-state index is -2.27. The first-order valence-corrected chi connectivity index (χ1v) is 22.6. The lowest BCUT2D eigenvalue weighted by Gasteiger charge is -2.63. The van der Waals surface area contributed by atoms with Gasteiger partial charge in [0, 0.05) is 90.9 Å². The van der Waals surface area contributed by atoms with Crippen molar-refractivity contribution in [2.75, 3.05) is 59.5 Å². The molecule has 2 unspecified atom stereocenters. The molecule has 67 heavy (non-hydrogen) atoms. The predicted molar refractivity (Wildman–Crippen MR) is 241 cm³/mol. The van der Waals surface area contributed by atoms with Crippen LogP contribution < -0.4 is 9.64 Å². The maximum atomic E-state index is 15.2. The number of para-hydroxylation sites is 1. The van der Waals surface area contributed by atoms with Crippen LogP contribution in [0.15, 0.2) is 60.2 Å². The summed E-state index contributed by atoms with van der Waals surface area (Å²) in [6.45, 7) is 9.19. The Hall–Kier alpha value is -5.79. The Bertz CT molecular complexity index is 2560. The molecule has 6 N–H and O–H groups in total. The molecule has 1 saturated heterocycles. The van der Waals surface area contributed by atoms with Gasteiger partial charge < -0.3 is 54.4 Å². The maximum absolute atomic E-state index is 15.2. The van der Waals surface area contributed by atoms with Gasteiger partial charge in [0.05, 0.1) is 27.4 Å². The third-order valence-electron chi connectivity index (χ3n) is 15.6. The quantitative estimate of drug-likeness (QED) is 0.0972. The standard InChI is InChI=1S/C45H54N4O8.C4H6O6/c1-8-27-19-28-22-44(40(51)55-6,36-30(25-48(23-27)24-28)29-13-10-11-14-33(29)46-36)32-20-31-34(21-35(32)54-5)47(4)38-43(31)16-18-49-17-12-15-42(9-2,37(43)49)39(57-26(3)50)45(38,53)41(52)56-7;5-1(3(7)8)2(6)4(9)10/h10-15,19-21,28,37-39,46,53H,8-9,16-18,22-25H2,1-7H3;1-2,5-6H,(H,7,8)(H,9,10)/t28?,37-,38+,39+,42+,43+,44-,45-;1-,2-/m01/s1. The molecule has 2 aromatic carbocycles. The fraction of sp³-hybridized carbons (Fsp3) is 0.531. The van der Waals surface area contributed by atoms with Crippen LogP contribution in [-0.4, -0.2) is 161 Å². The van der Waals surface area contributed by atoms with Crippen molar-refractivity contribution in [2.24, 2.45) is 11.3 Å². The van der Waals surface area contributed by atoms with Crippen molar-refractivity contribution in [2.45, 2.75) is 99.8 Å². The van der Waals surface area contributed by atoms with E-state index < -0.39 is 70.1 Å². The number of carboxylic acids is 2. The smallest absolute Gasteiger partial charge is 0.344 e. The van der Waals surface area contributed by atoms with Crippen molar-refractivity contribution >= 4 is 46.4 Å². The Kier molecular flexibility index (Phi) is 12.4. The van der Waals surface area contributed by atoms with Crippen molar-refractivity contribution in [3.8, 4) is 5.75 Å². The van der Waals surface area contributed by atoms with E-state index in [1.165, 1.54) is 26.7 Å². The average Bonchev–Trinajstić information content (AvgIpc) is 3.97. The summed E-state index contributed by atoms with van der Waals surface area (Å²) in [7, 11) is 6.22. The van der Waals surface area contributed by atoms with E-state index in [0.717, 1.165) is 52.9 Å². The van der Waals surface area contributed by atoms with Gasteiger partial charge in [-0.1, -0.05) is 55.8 Å². The Balaban J connectivity index is 0.000000547. The number of aromatic amines is 1. The number of aliphatic carboxylic acids is 2. The highest BCUT2D eigenvalue weighted by molar-refractivity contribution is 5.95. The van der Waals surface area contributed by atoms with Crippen molar-refractivity contribution in [1.82, 2.24) is 14.8 Å². The van der Waals surface area contributed by atoms with Gasteiger partial charge in [-0.05, 0) is 61.4 Å². The van der Waals surface area contributed by atoms with Gasteiger partial charge in [0.25, 0.3) is 0 Å². The lowest BCUT2D eigenvalue weighted by Crippen LogP contribution is -2.81. The molecule has 1 spiro atoms. The van der Waals surface area contributed by atoms with E-state index in [1.807, 2.05) is 37.1 Å². The molecule has 1 aliphatic carbocycles. The number of likely N-dealkylation sites (N-methyl/N-ethyl adjacent to an activating group) is 1. The van der Waals surface area contributed by atoms with Gasteiger partial charge in [0.15, 0.2) is 18.3 Å². The van der Waals surface area contributed by atoms with Gasteiger partial charge in [0.2, 0.25) is 5.60 Å². The topological polar surface area (TPSA) is 249 Å². The number of ether oxygens (including phenoxy) is 4. The molecule has 0 amide bonds. The Morgan fingerprint density at radius 1 is 0.925 bits per heavy atom. The highest BCUT2D eigenvalue weighted by Gasteiger charge is 2.80. The summed E-state index contributed by atoms with van der Waals surface area (Å²) in [4.78, 5) is 72.7. The van der Waals surface area contributed by atoms with Crippen LogP contribution in [-0.2, 0) is 55.6 Å². The van der Waals surface area contributed by atoms with E-state index in [4.69, 9.17) is 39.4 Å². The molecule has 6 aliphatic rings. The normalized spacial score (nSPS) is 32.1. The molecule has 1 saturated carbocycles. The molecule has 5 aliphatic heterocycles. The number of carbonyl (C=O) groups excluding carboxylic acids is 3. The third kappa shape index (κ3) is 6.88. The van der Waals surface area contributed by atoms with Crippen LogP contribution in [0.3, 0.4) is 0 Å². The number of hydrogen-bond acceptors (Lipinski definition) is 15. The Labute approximate surface area is 387 Å². The first-order valence-electron chi connectivity index (χ1n) is 22.6. The van der Waals surface area contributed by atoms with E-state index in [2.05, 4.69) is 58.1 Å². The molecule has 360 valence electrons. The molecule has 18 heteroatoms. The minimum absolute atomic E-state index is 0.0284. The number of aliphatic hydroxyl groups is 3. The summed E-state index contributed by atoms with van der Waals surface area (Å²) in [6.07, 6.45) is 3.14. The van der Waals surface area contributed by atoms with Crippen molar-refractivity contribution < 1.29 is 68.5 Å². The van der Waals surface area contributed by atoms with E-state index >= 15 is 4.79 Å². The maximum Gasteiger partial charge on any atom is 0.344 e. The summed E-state index contributed by atoms with van der Waals surface area (Å²) >= 11 is 0. The van der Waals surface area contributed by atoms with Crippen LogP contribution in [0.2, 0.25) is 0 Å². The molecular weight excluding hydrogens is 869 g/mol. The first-order chi connectivity index (χ1) is 31.8. The second kappa shape index (κ2) is 17.4. The van der Waals surface area contributed by atoms with Gasteiger partial charge in [-0.15, -0.1) is 0 Å². The number of anilines is 1. The zero-order chi connectivity index (χ0) is 48.5. The number of H-pyrrole nitrogens is 1. The van der Waals surface area contributed by atoms with Crippen LogP contribution >= 0.6 is 0 Å². The molecule has 9 rings (SSSR count). The van der Waals surface area contributed by atoms with Crippen molar-refractivity contribution in [3.05, 3.63) is 82.6 Å². The van der Waals surface area contributed by atoms with Gasteiger partial charge >= 0.3 is 29.8 Å². The van der Waals surface area contributed by atoms with Gasteiger partial charge in [0.1, 0.15) is 11.2 Å². The van der Waals surface area contributed by atoms with E-state index in [0.29, 0.717) is 50.2 Å². The number of methoxy groups -OCH3 is 3. The number of aliphatic hydroxyl groups excluding tert-OH is 2. The van der Waals surface area contributed by atoms with E-state index in [1.54, 1.807) is 7.11 Å². The number of aromatic nitrogens is 1. The number of rotatable bonds is 10. The lowest BCUT2D eigenvalue weighted by atomic mass is 9.47. The van der Waals surface area contributed by atoms with Crippen LogP contribution in [0.5, 0.6) is 5.75 Å². The van der Waals surface area contributed by atoms with Crippen molar-refractivity contribution in [3.63, 3.8) is 0 Å². The molecule has 3 aromatic rings. The summed E-state index contributed by atoms with van der Waals surface area (Å²) < 4.78 is 23.9. The third-order valence-corrected chi connectivity index (χ3v) is 15.6. The highest BCUT2D eigenvalue weighted by atomic mass is 16.6. The molecule has 18 nitrogen and oxygen atoms in total. The predicted octanol–water partition coefficient (Wildman–Crippen LogP) is 2.63. The van der Waals surface area contributed by atoms with Crippen LogP contribution in [0.4, 0.5) is 5.69 Å². The summed E-state index contributed by atoms with van der Waals surface area (Å²) in [5, 5.41) is 46.9. The van der Waals surface area contributed by atoms with Gasteiger partial charge in [-0.2, -0.15) is 0 Å². The average molecular weight is 929 g/mol. The molecule has 2 fully saturated rings. The number of carboxylic acid groups (broad SMARTS) is 2. The number of carbonyl (C=O) groups is 5. The summed E-state index contributed by atoms with van der Waals surface area (Å²) in [5.41, 5.74) is 1.05. The molecule has 6 heterocycles. The second-order valence-electron chi connectivity index (χ2n) is 18.7. The second-order valence-corrected chi connectivity index (χ2v) is 18.7. The molecule has 11 atom stereocenters. The lowest BCUT2D eigenvalue weighted by molar-refractivity contribution is -0.228. The van der Waals surface area contributed by atoms with Crippen LogP contribution in [0.25, 0.3) is 10.9 Å². The Morgan fingerprint density at radius 2 is 1.61 bits per heavy atom. The Morgan fingerprint density at radius 3 is 2.22 bits per heavy atom. The monoisotopic (exact) mass is 928 g/mol. The fourth-order valence-electron chi connectivity index (χ4n) is 13.1. The molecule has 0 radical (unpaired) electrons. The van der Waals surface area contributed by atoms with Gasteiger partial charge in [-0.25, -0.2) is 14.4 Å². The number of nitrogens with zero attached hydrogens (tertiary/aromatic N) is 3. The van der Waals surface area contributed by atoms with Gasteiger partial charge in [-0.3, -0.25) is 19.4 Å². The number of benzene rings is 2. The van der Waals surface area contributed by atoms with Crippen LogP contribution in [0, 0.1) is 11.3 Å². The minimum Gasteiger partial charge on any atom is -0.496 e. The zero-order valence-electron chi connectivity index (χ0n) is 38.8. The SMILES string of the molecule is CCC1=CC2CN(C1)Cc1c([nH]c3ccccc13)[C@@](C(=O)OC)(c1cc3c(cc1OC)N(C)[C@H]1[C@@](O)(C(=O)OC)[C@H](OC(C)=O)[C@]4(CC)C=CCN5CC[C@]31[C@@H]54)C2.O=C(O)[C@H](O)[C@@H](O)C(=O)O. The molecule has 2 bridgehead atoms. The number of nitrogens with one attached hydrogen (secondary N) is 1. The number of esters is 3. The summed E-state index contributed by atoms with van der Waals surface area (Å²) in [5.74, 6) is -4.85. The number of hydrogen-bond donors (Lipinski definition) is 6. The molecule has 1 aromatic heterocycles. The van der Waals surface area contributed by atoms with E-state index in [9.17, 15) is 24.3 Å². The summed E-state index contributed by atoms with van der Waals surface area (Å²) in [6, 6.07) is 11.2.